The van der Waals surface area contributed by atoms with E-state index in [1.54, 1.807) is 24.3 Å². The van der Waals surface area contributed by atoms with Gasteiger partial charge in [0.05, 0.1) is 6.04 Å². The molecular weight excluding hydrogens is 340 g/mol. The predicted octanol–water partition coefficient (Wildman–Crippen LogP) is 2.81. The molecule has 2 unspecified atom stereocenters. The van der Waals surface area contributed by atoms with Crippen LogP contribution >= 0.6 is 35.4 Å². The highest BCUT2D eigenvalue weighted by atomic mass is 35.5. The lowest BCUT2D eigenvalue weighted by atomic mass is 10.1. The number of nitrogens with zero attached hydrogens (tertiary/aromatic N) is 3. The van der Waals surface area contributed by atoms with E-state index in [0.29, 0.717) is 17.9 Å². The Labute approximate surface area is 137 Å². The third kappa shape index (κ3) is 3.22. The monoisotopic (exact) mass is 353 g/mol. The van der Waals surface area contributed by atoms with E-state index in [0.717, 1.165) is 5.01 Å². The zero-order chi connectivity index (χ0) is 15.6. The Hall–Kier alpha value is -0.730. The number of ether oxygens (including phenoxy) is 1. The molecule has 0 saturated carbocycles. The zero-order valence-corrected chi connectivity index (χ0v) is 13.5. The van der Waals surface area contributed by atoms with Crippen LogP contribution in [0.2, 0.25) is 0 Å². The minimum atomic E-state index is -1.21. The molecule has 1 aliphatic heterocycles. The van der Waals surface area contributed by atoms with Gasteiger partial charge < -0.3 is 4.74 Å². The van der Waals surface area contributed by atoms with Crippen LogP contribution in [-0.4, -0.2) is 56.9 Å². The van der Waals surface area contributed by atoms with E-state index >= 15 is 0 Å². The Kier molecular flexibility index (Phi) is 5.56. The number of rotatable bonds is 5. The number of hydrogen-bond acceptors (Lipinski definition) is 4. The summed E-state index contributed by atoms with van der Waals surface area (Å²) in [5.41, 5.74) is 0. The average Bonchev–Trinajstić information content (AvgIpc) is 2.69. The molecule has 0 radical (unpaired) electrons. The van der Waals surface area contributed by atoms with Crippen LogP contribution in [-0.2, 0) is 4.74 Å². The number of hydrogen-bond donors (Lipinski definition) is 0. The van der Waals surface area contributed by atoms with Crippen molar-refractivity contribution in [2.24, 2.45) is 0 Å². The van der Waals surface area contributed by atoms with Gasteiger partial charge in [-0.25, -0.2) is 4.79 Å². The molecule has 1 aliphatic carbocycles. The number of urea groups is 1. The maximum atomic E-state index is 14.1. The summed E-state index contributed by atoms with van der Waals surface area (Å²) >= 11 is 16.8. The first-order chi connectivity index (χ1) is 9.99. The SMILES string of the molecule is COCCC1N(C2C=CC=CC2=S)C(=O)N(F)N1C(Cl)Cl. The molecule has 116 valence electrons. The summed E-state index contributed by atoms with van der Waals surface area (Å²) in [7, 11) is 1.52. The molecule has 2 atom stereocenters. The Morgan fingerprint density at radius 3 is 2.76 bits per heavy atom. The van der Waals surface area contributed by atoms with Gasteiger partial charge in [0.1, 0.15) is 6.17 Å². The molecule has 0 aromatic rings. The van der Waals surface area contributed by atoms with Gasteiger partial charge in [-0.1, -0.05) is 63.4 Å². The molecular formula is C12H14Cl2FN3O2S. The fourth-order valence-electron chi connectivity index (χ4n) is 2.31. The third-order valence-electron chi connectivity index (χ3n) is 3.24. The van der Waals surface area contributed by atoms with Crippen molar-refractivity contribution in [1.29, 1.82) is 0 Å². The highest BCUT2D eigenvalue weighted by molar-refractivity contribution is 7.80. The van der Waals surface area contributed by atoms with Crippen LogP contribution in [0.15, 0.2) is 24.3 Å². The number of alkyl halides is 2. The van der Waals surface area contributed by atoms with Gasteiger partial charge in [0.2, 0.25) is 0 Å². The van der Waals surface area contributed by atoms with Crippen molar-refractivity contribution in [1.82, 2.24) is 15.1 Å². The van der Waals surface area contributed by atoms with Gasteiger partial charge in [-0.3, -0.25) is 4.90 Å². The Balaban J connectivity index is 2.31. The summed E-state index contributed by atoms with van der Waals surface area (Å²) in [5, 5.41) is 0.888. The standard InChI is InChI=1S/C12H14Cl2FN3O2S/c1-20-7-6-10-16(8-4-2-3-5-9(8)21)12(19)18(15)17(10)11(13)14/h2-5,8,10-11H,6-7H2,1H3. The van der Waals surface area contributed by atoms with Crippen molar-refractivity contribution < 1.29 is 14.0 Å². The van der Waals surface area contributed by atoms with Gasteiger partial charge in [-0.05, 0) is 6.08 Å². The van der Waals surface area contributed by atoms with E-state index < -0.39 is 23.2 Å². The van der Waals surface area contributed by atoms with E-state index in [4.69, 9.17) is 40.2 Å². The van der Waals surface area contributed by atoms with E-state index in [2.05, 4.69) is 0 Å². The summed E-state index contributed by atoms with van der Waals surface area (Å²) in [4.78, 5) is 12.8. The normalized spacial score (nSPS) is 26.5. The highest BCUT2D eigenvalue weighted by Crippen LogP contribution is 2.32. The minimum Gasteiger partial charge on any atom is -0.385 e. The third-order valence-corrected chi connectivity index (χ3v) is 4.02. The van der Waals surface area contributed by atoms with Crippen LogP contribution in [0.4, 0.5) is 9.28 Å². The molecule has 2 rings (SSSR count). The Morgan fingerprint density at radius 2 is 2.19 bits per heavy atom. The fraction of sp³-hybridized carbons (Fsp3) is 0.500. The van der Waals surface area contributed by atoms with Crippen LogP contribution in [0, 0.1) is 0 Å². The number of carbonyl (C=O) groups excluding carboxylic acids is 1. The molecule has 2 aliphatic rings. The van der Waals surface area contributed by atoms with Crippen molar-refractivity contribution in [2.75, 3.05) is 13.7 Å². The van der Waals surface area contributed by atoms with E-state index in [1.807, 2.05) is 0 Å². The molecule has 21 heavy (non-hydrogen) atoms. The molecule has 0 N–H and O–H groups in total. The number of halogens is 3. The first kappa shape index (κ1) is 16.6. The largest absolute Gasteiger partial charge is 0.385 e. The molecule has 9 heteroatoms. The van der Waals surface area contributed by atoms with E-state index in [1.165, 1.54) is 12.0 Å². The zero-order valence-electron chi connectivity index (χ0n) is 11.2. The van der Waals surface area contributed by atoms with Crippen molar-refractivity contribution >= 4 is 46.3 Å². The fourth-order valence-corrected chi connectivity index (χ4v) is 3.00. The quantitative estimate of drug-likeness (QED) is 0.329. The number of allylic oxidation sites excluding steroid dienone is 2. The lowest BCUT2D eigenvalue weighted by molar-refractivity contribution is -0.119. The first-order valence-corrected chi connectivity index (χ1v) is 7.49. The van der Waals surface area contributed by atoms with Crippen molar-refractivity contribution in [3.63, 3.8) is 0 Å². The van der Waals surface area contributed by atoms with Gasteiger partial charge in [0.25, 0.3) is 0 Å². The van der Waals surface area contributed by atoms with Gasteiger partial charge in [-0.15, -0.1) is 5.01 Å². The number of carbonyl (C=O) groups is 1. The summed E-state index contributed by atoms with van der Waals surface area (Å²) in [6.45, 7) is 0.318. The van der Waals surface area contributed by atoms with Crippen LogP contribution in [0.5, 0.6) is 0 Å². The van der Waals surface area contributed by atoms with E-state index in [-0.39, 0.29) is 5.23 Å². The topological polar surface area (TPSA) is 36.0 Å². The lowest BCUT2D eigenvalue weighted by Gasteiger charge is -2.33. The maximum absolute atomic E-state index is 14.1. The van der Waals surface area contributed by atoms with Gasteiger partial charge in [0.15, 0.2) is 4.96 Å². The van der Waals surface area contributed by atoms with Crippen LogP contribution < -0.4 is 0 Å². The average molecular weight is 354 g/mol. The summed E-state index contributed by atoms with van der Waals surface area (Å²) in [5.74, 6) is 0. The molecule has 1 fully saturated rings. The van der Waals surface area contributed by atoms with Gasteiger partial charge in [0, 0.05) is 25.0 Å². The second-order valence-electron chi connectivity index (χ2n) is 4.46. The first-order valence-electron chi connectivity index (χ1n) is 6.21. The summed E-state index contributed by atoms with van der Waals surface area (Å²) < 4.78 is 19.1. The smallest absolute Gasteiger partial charge is 0.366 e. The molecule has 0 aromatic heterocycles. The summed E-state index contributed by atoms with van der Waals surface area (Å²) in [6.07, 6.45) is 6.61. The molecule has 2 amide bonds. The predicted molar refractivity (Wildman–Crippen MR) is 82.5 cm³/mol. The molecule has 0 aromatic carbocycles. The molecule has 5 nitrogen and oxygen atoms in total. The molecule has 0 bridgehead atoms. The van der Waals surface area contributed by atoms with Gasteiger partial charge >= 0.3 is 6.03 Å². The molecule has 0 spiro atoms. The number of thiocarbonyl (C=S) groups is 1. The lowest BCUT2D eigenvalue weighted by Crippen LogP contribution is -2.49. The Morgan fingerprint density at radius 1 is 1.48 bits per heavy atom. The number of hydrazine groups is 1. The number of amides is 2. The molecule has 1 saturated heterocycles. The van der Waals surface area contributed by atoms with Crippen molar-refractivity contribution in [2.45, 2.75) is 23.6 Å². The van der Waals surface area contributed by atoms with Crippen molar-refractivity contribution in [3.05, 3.63) is 24.3 Å². The highest BCUT2D eigenvalue weighted by Gasteiger charge is 2.50. The number of methoxy groups -OCH3 is 1. The molecule has 1 heterocycles. The second kappa shape index (κ2) is 7.02. The van der Waals surface area contributed by atoms with Gasteiger partial charge in [-0.2, -0.15) is 0 Å². The van der Waals surface area contributed by atoms with Crippen LogP contribution in [0.25, 0.3) is 0 Å². The maximum Gasteiger partial charge on any atom is 0.366 e. The van der Waals surface area contributed by atoms with Crippen molar-refractivity contribution in [3.8, 4) is 0 Å². The summed E-state index contributed by atoms with van der Waals surface area (Å²) in [6, 6.07) is -1.37. The Bertz CT molecular complexity index is 489. The van der Waals surface area contributed by atoms with E-state index in [9.17, 15) is 9.28 Å². The minimum absolute atomic E-state index is 0.0697. The second-order valence-corrected chi connectivity index (χ2v) is 5.98. The van der Waals surface area contributed by atoms with Crippen LogP contribution in [0.3, 0.4) is 0 Å². The van der Waals surface area contributed by atoms with Crippen LogP contribution in [0.1, 0.15) is 6.42 Å².